The lowest BCUT2D eigenvalue weighted by molar-refractivity contribution is -0.162. The van der Waals surface area contributed by atoms with Gasteiger partial charge < -0.3 is 24.4 Å². The van der Waals surface area contributed by atoms with Gasteiger partial charge in [0.05, 0.1) is 29.2 Å². The van der Waals surface area contributed by atoms with Gasteiger partial charge in [0.2, 0.25) is 11.8 Å². The van der Waals surface area contributed by atoms with E-state index < -0.39 is 29.1 Å². The van der Waals surface area contributed by atoms with Crippen LogP contribution >= 0.6 is 24.2 Å². The molecule has 1 saturated carbocycles. The number of nitrogens with one attached hydrogen (secondary N) is 1. The first-order valence-corrected chi connectivity index (χ1v) is 17.3. The smallest absolute Gasteiger partial charge is 0.410 e. The molecule has 3 unspecified atom stereocenters. The van der Waals surface area contributed by atoms with Crippen LogP contribution in [0.2, 0.25) is 5.02 Å². The minimum absolute atomic E-state index is 0.00298. The third kappa shape index (κ3) is 7.22. The predicted octanol–water partition coefficient (Wildman–Crippen LogP) is 5.45. The molecule has 47 heavy (non-hydrogen) atoms. The molecule has 2 saturated heterocycles. The Balaban J connectivity index is 1.47. The number of nitrogens with zero attached hydrogens (tertiary/aromatic N) is 2. The molecule has 12 heteroatoms. The molecule has 3 amide bonds. The van der Waals surface area contributed by atoms with Crippen molar-refractivity contribution in [2.45, 2.75) is 89.7 Å². The summed E-state index contributed by atoms with van der Waals surface area (Å²) in [5, 5.41) is 3.34. The second-order valence-electron chi connectivity index (χ2n) is 13.9. The number of thiol groups is 1. The van der Waals surface area contributed by atoms with E-state index in [1.807, 2.05) is 44.2 Å². The number of rotatable bonds is 6. The molecule has 256 valence electrons. The molecule has 1 aliphatic carbocycles. The highest BCUT2D eigenvalue weighted by Crippen LogP contribution is 2.62. The third-order valence-corrected chi connectivity index (χ3v) is 11.3. The first-order valence-electron chi connectivity index (χ1n) is 16.2. The number of esters is 1. The summed E-state index contributed by atoms with van der Waals surface area (Å²) in [5.74, 6) is -0.884. The average Bonchev–Trinajstić information content (AvgIpc) is 3.94. The molecule has 1 aromatic rings. The van der Waals surface area contributed by atoms with E-state index in [0.29, 0.717) is 42.3 Å². The van der Waals surface area contributed by atoms with Gasteiger partial charge in [-0.2, -0.15) is 12.6 Å². The monoisotopic (exact) mass is 687 g/mol. The number of likely N-dealkylation sites (N-methyl/N-ethyl adjacent to an activating group) is 1. The van der Waals surface area contributed by atoms with E-state index in [2.05, 4.69) is 24.9 Å². The van der Waals surface area contributed by atoms with E-state index in [1.54, 1.807) is 32.0 Å². The second-order valence-corrected chi connectivity index (χ2v) is 14.7. The molecule has 4 bridgehead atoms. The van der Waals surface area contributed by atoms with Gasteiger partial charge in [0.15, 0.2) is 0 Å². The van der Waals surface area contributed by atoms with Gasteiger partial charge in [0.1, 0.15) is 24.4 Å². The van der Waals surface area contributed by atoms with Crippen LogP contribution in [0.1, 0.15) is 58.9 Å². The Labute approximate surface area is 287 Å². The topological polar surface area (TPSA) is 114 Å². The summed E-state index contributed by atoms with van der Waals surface area (Å²) < 4.78 is 18.0. The summed E-state index contributed by atoms with van der Waals surface area (Å²) in [7, 11) is 3.22. The predicted molar refractivity (Wildman–Crippen MR) is 182 cm³/mol. The number of methoxy groups -OCH3 is 1. The van der Waals surface area contributed by atoms with Crippen molar-refractivity contribution in [2.75, 3.05) is 31.8 Å². The number of carbonyl (C=O) groups is 4. The third-order valence-electron chi connectivity index (χ3n) is 10.7. The summed E-state index contributed by atoms with van der Waals surface area (Å²) in [5.41, 5.74) is 1.46. The van der Waals surface area contributed by atoms with Crippen LogP contribution in [0.4, 0.5) is 10.5 Å². The van der Waals surface area contributed by atoms with Gasteiger partial charge in [0, 0.05) is 32.4 Å². The Morgan fingerprint density at radius 3 is 2.72 bits per heavy atom. The highest BCUT2D eigenvalue weighted by Gasteiger charge is 2.67. The fourth-order valence-corrected chi connectivity index (χ4v) is 7.70. The maximum atomic E-state index is 13.6. The van der Waals surface area contributed by atoms with Crippen LogP contribution in [0.3, 0.4) is 0 Å². The standard InChI is InChI=1S/C35H46ClN3O7S/c1-20-8-7-9-28(44-6)35-18-27(45-33(43)39(35)19-35)21(2)24-17-34(24,4)29(46-32(42)22(3)38(5)31(41)12-13-47)16-30(40)37-26-15-23(14-20)10-11-25(26)36/h7-11,15,21-22,24,27-29,47H,12-14,16-19H2,1-6H3,(H,37,40)/b9-7+,20-8+/t21-,22-,24?,27?,28+,29-,34?,35-,39?/m0/s1. The summed E-state index contributed by atoms with van der Waals surface area (Å²) in [6.07, 6.45) is 6.12. The lowest BCUT2D eigenvalue weighted by atomic mass is 9.82. The van der Waals surface area contributed by atoms with Crippen molar-refractivity contribution in [3.8, 4) is 0 Å². The molecule has 1 N–H and O–H groups in total. The highest BCUT2D eigenvalue weighted by atomic mass is 35.5. The summed E-state index contributed by atoms with van der Waals surface area (Å²) in [6.45, 7) is 8.25. The Kier molecular flexibility index (Phi) is 10.4. The van der Waals surface area contributed by atoms with Crippen LogP contribution in [0.5, 0.6) is 0 Å². The molecular weight excluding hydrogens is 642 g/mol. The number of fused-ring (bicyclic) bond motifs is 4. The van der Waals surface area contributed by atoms with E-state index >= 15 is 0 Å². The SMILES string of the molecule is CO[C@@H]1/C=C/C=C(\C)Cc2ccc(Cl)c(c2)NC(=O)C[C@H](OC(=O)[C@H](C)N(C)C(=O)CCS)C2(C)CC2[C@H](C)C2C[C@]13CN3C(=O)O2. The number of hydrogen-bond acceptors (Lipinski definition) is 8. The largest absolute Gasteiger partial charge is 0.460 e. The summed E-state index contributed by atoms with van der Waals surface area (Å²) in [6, 6.07) is 4.67. The molecule has 3 heterocycles. The van der Waals surface area contributed by atoms with Gasteiger partial charge in [-0.1, -0.05) is 55.3 Å². The van der Waals surface area contributed by atoms with Crippen molar-refractivity contribution >= 4 is 53.8 Å². The van der Waals surface area contributed by atoms with E-state index in [0.717, 1.165) is 11.1 Å². The van der Waals surface area contributed by atoms with E-state index in [9.17, 15) is 19.2 Å². The van der Waals surface area contributed by atoms with E-state index in [1.165, 1.54) is 4.90 Å². The van der Waals surface area contributed by atoms with Crippen LogP contribution in [-0.2, 0) is 35.0 Å². The average molecular weight is 688 g/mol. The molecule has 1 spiro atoms. The van der Waals surface area contributed by atoms with Crippen LogP contribution in [-0.4, -0.2) is 90.0 Å². The molecule has 0 radical (unpaired) electrons. The Morgan fingerprint density at radius 2 is 2.02 bits per heavy atom. The number of amides is 3. The fourth-order valence-electron chi connectivity index (χ4n) is 7.35. The van der Waals surface area contributed by atoms with Gasteiger partial charge in [-0.25, -0.2) is 9.59 Å². The van der Waals surface area contributed by atoms with Gasteiger partial charge in [-0.15, -0.1) is 0 Å². The molecule has 3 aliphatic heterocycles. The van der Waals surface area contributed by atoms with Gasteiger partial charge in [-0.05, 0) is 62.0 Å². The maximum Gasteiger partial charge on any atom is 0.410 e. The molecule has 8 atom stereocenters. The fraction of sp³-hybridized carbons (Fsp3) is 0.600. The van der Waals surface area contributed by atoms with Crippen molar-refractivity contribution in [1.29, 1.82) is 0 Å². The number of ether oxygens (including phenoxy) is 3. The minimum Gasteiger partial charge on any atom is -0.460 e. The number of allylic oxidation sites excluding steroid dienone is 3. The molecule has 0 aromatic heterocycles. The molecule has 10 nitrogen and oxygen atoms in total. The van der Waals surface area contributed by atoms with Crippen LogP contribution in [0.15, 0.2) is 42.0 Å². The van der Waals surface area contributed by atoms with Crippen molar-refractivity contribution in [2.24, 2.45) is 17.3 Å². The zero-order valence-electron chi connectivity index (χ0n) is 28.0. The van der Waals surface area contributed by atoms with Crippen LogP contribution in [0.25, 0.3) is 0 Å². The Morgan fingerprint density at radius 1 is 1.28 bits per heavy atom. The lowest BCUT2D eigenvalue weighted by Gasteiger charge is -2.36. The molecule has 3 fully saturated rings. The molecule has 5 rings (SSSR count). The Bertz CT molecular complexity index is 1480. The number of anilines is 1. The second kappa shape index (κ2) is 13.8. The zero-order valence-corrected chi connectivity index (χ0v) is 29.6. The first-order chi connectivity index (χ1) is 22.2. The Hall–Kier alpha value is -3.02. The number of halogens is 1. The maximum absolute atomic E-state index is 13.6. The van der Waals surface area contributed by atoms with Gasteiger partial charge in [0.25, 0.3) is 0 Å². The van der Waals surface area contributed by atoms with Crippen molar-refractivity contribution in [3.63, 3.8) is 0 Å². The molecule has 4 aliphatic rings. The van der Waals surface area contributed by atoms with Crippen molar-refractivity contribution in [1.82, 2.24) is 9.80 Å². The highest BCUT2D eigenvalue weighted by molar-refractivity contribution is 7.80. The van der Waals surface area contributed by atoms with Gasteiger partial charge >= 0.3 is 12.1 Å². The summed E-state index contributed by atoms with van der Waals surface area (Å²) >= 11 is 10.6. The summed E-state index contributed by atoms with van der Waals surface area (Å²) in [4.78, 5) is 55.8. The normalized spacial score (nSPS) is 34.3. The molecular formula is C35H46ClN3O7S. The first kappa shape index (κ1) is 35.3. The van der Waals surface area contributed by atoms with Crippen molar-refractivity contribution < 1.29 is 33.4 Å². The van der Waals surface area contributed by atoms with E-state index in [-0.39, 0.29) is 54.8 Å². The minimum atomic E-state index is -0.859. The van der Waals surface area contributed by atoms with Gasteiger partial charge in [-0.3, -0.25) is 14.5 Å². The quantitative estimate of drug-likeness (QED) is 0.232. The molecule has 1 aromatic carbocycles. The number of carbonyl (C=O) groups excluding carboxylic acids is 4. The van der Waals surface area contributed by atoms with Crippen LogP contribution in [0, 0.1) is 17.3 Å². The van der Waals surface area contributed by atoms with Crippen LogP contribution < -0.4 is 5.32 Å². The number of benzene rings is 1. The lowest BCUT2D eigenvalue weighted by Crippen LogP contribution is -2.48. The van der Waals surface area contributed by atoms with Crippen molar-refractivity contribution in [3.05, 3.63) is 52.6 Å². The zero-order chi connectivity index (χ0) is 34.3. The number of hydrogen-bond donors (Lipinski definition) is 2. The van der Waals surface area contributed by atoms with E-state index in [4.69, 9.17) is 25.8 Å².